The van der Waals surface area contributed by atoms with E-state index in [1.807, 2.05) is 0 Å². The van der Waals surface area contributed by atoms with Crippen LogP contribution >= 0.6 is 0 Å². The number of Topliss-reactive ketones (excluding diaryl/α,β-unsaturated/α-hetero) is 1. The van der Waals surface area contributed by atoms with Crippen LogP contribution in [0, 0.1) is 34.5 Å². The number of allylic oxidation sites excluding steroid dienone is 1. The number of ketones is 1. The summed E-state index contributed by atoms with van der Waals surface area (Å²) in [6.07, 6.45) is 8.02. The quantitative estimate of drug-likeness (QED) is 0.721. The molecular weight excluding hydrogens is 276 g/mol. The Balaban J connectivity index is 1.54. The zero-order valence-corrected chi connectivity index (χ0v) is 13.3. The first-order chi connectivity index (χ1) is 10.5. The van der Waals surface area contributed by atoms with Crippen LogP contribution in [0.4, 0.5) is 0 Å². The van der Waals surface area contributed by atoms with Crippen LogP contribution in [0.1, 0.15) is 58.3 Å². The van der Waals surface area contributed by atoms with Crippen LogP contribution in [-0.2, 0) is 4.79 Å². The summed E-state index contributed by atoms with van der Waals surface area (Å²) in [4.78, 5) is 11.8. The van der Waals surface area contributed by atoms with Crippen LogP contribution in [0.15, 0.2) is 11.3 Å². The van der Waals surface area contributed by atoms with Crippen molar-refractivity contribution in [2.45, 2.75) is 64.4 Å². The van der Waals surface area contributed by atoms with Gasteiger partial charge in [0.1, 0.15) is 0 Å². The van der Waals surface area contributed by atoms with E-state index in [-0.39, 0.29) is 23.1 Å². The molecular formula is C19H26O3. The summed E-state index contributed by atoms with van der Waals surface area (Å²) in [6, 6.07) is 0. The molecule has 5 aliphatic carbocycles. The van der Waals surface area contributed by atoms with Gasteiger partial charge in [-0.25, -0.2) is 0 Å². The smallest absolute Gasteiger partial charge is 0.197 e. The van der Waals surface area contributed by atoms with Crippen LogP contribution in [0.25, 0.3) is 0 Å². The molecule has 0 heterocycles. The molecule has 7 atom stereocenters. The normalized spacial score (nSPS) is 56.1. The molecule has 4 saturated carbocycles. The van der Waals surface area contributed by atoms with E-state index in [1.165, 1.54) is 12.8 Å². The standard InChI is InChI=1S/C19H26O3/c1-18-7-6-12-11-3-5-15(20)17(22)13(11)2-4-14(12)19(18)9-10(19)8-16(18)21/h10-12,14,16,21-22H,2-9H2,1H3/t10-,11-,12-,14-,16-,18-,19+/m1/s1. The lowest BCUT2D eigenvalue weighted by atomic mass is 9.49. The molecule has 3 heteroatoms. The first-order valence-electron chi connectivity index (χ1n) is 9.12. The lowest BCUT2D eigenvalue weighted by Crippen LogP contribution is -2.50. The van der Waals surface area contributed by atoms with Crippen molar-refractivity contribution >= 4 is 5.78 Å². The second-order valence-electron chi connectivity index (χ2n) is 8.90. The highest BCUT2D eigenvalue weighted by Gasteiger charge is 2.77. The van der Waals surface area contributed by atoms with Gasteiger partial charge in [-0.05, 0) is 85.0 Å². The third-order valence-corrected chi connectivity index (χ3v) is 8.57. The van der Waals surface area contributed by atoms with Crippen LogP contribution in [0.5, 0.6) is 0 Å². The lowest BCUT2D eigenvalue weighted by molar-refractivity contribution is -0.120. The zero-order valence-electron chi connectivity index (χ0n) is 13.3. The van der Waals surface area contributed by atoms with Gasteiger partial charge in [-0.15, -0.1) is 0 Å². The van der Waals surface area contributed by atoms with Crippen LogP contribution in [0.3, 0.4) is 0 Å². The molecule has 0 unspecified atom stereocenters. The van der Waals surface area contributed by atoms with E-state index in [0.717, 1.165) is 43.6 Å². The molecule has 5 rings (SSSR count). The lowest BCUT2D eigenvalue weighted by Gasteiger charge is -2.55. The molecule has 1 spiro atoms. The minimum Gasteiger partial charge on any atom is -0.504 e. The molecule has 0 aromatic heterocycles. The molecule has 0 amide bonds. The highest BCUT2D eigenvalue weighted by molar-refractivity contribution is 5.94. The van der Waals surface area contributed by atoms with Crippen molar-refractivity contribution in [3.63, 3.8) is 0 Å². The summed E-state index contributed by atoms with van der Waals surface area (Å²) in [6.45, 7) is 2.34. The fraction of sp³-hybridized carbons (Fsp3) is 0.842. The molecule has 22 heavy (non-hydrogen) atoms. The first kappa shape index (κ1) is 13.6. The van der Waals surface area contributed by atoms with Crippen LogP contribution in [0.2, 0.25) is 0 Å². The van der Waals surface area contributed by atoms with Crippen molar-refractivity contribution in [2.24, 2.45) is 34.5 Å². The van der Waals surface area contributed by atoms with Gasteiger partial charge in [-0.1, -0.05) is 6.92 Å². The number of aliphatic hydroxyl groups is 2. The number of carbonyl (C=O) groups is 1. The van der Waals surface area contributed by atoms with E-state index in [4.69, 9.17) is 0 Å². The largest absolute Gasteiger partial charge is 0.504 e. The summed E-state index contributed by atoms with van der Waals surface area (Å²) < 4.78 is 0. The Morgan fingerprint density at radius 3 is 2.82 bits per heavy atom. The van der Waals surface area contributed by atoms with Crippen molar-refractivity contribution in [1.29, 1.82) is 0 Å². The molecule has 0 aromatic rings. The fourth-order valence-electron chi connectivity index (χ4n) is 7.48. The molecule has 0 aliphatic heterocycles. The predicted octanol–water partition coefficient (Wildman–Crippen LogP) is 3.37. The summed E-state index contributed by atoms with van der Waals surface area (Å²) in [7, 11) is 0. The monoisotopic (exact) mass is 302 g/mol. The van der Waals surface area contributed by atoms with Crippen molar-refractivity contribution in [1.82, 2.24) is 0 Å². The number of aliphatic hydroxyl groups excluding tert-OH is 2. The second-order valence-corrected chi connectivity index (χ2v) is 8.90. The maximum atomic E-state index is 11.8. The van der Waals surface area contributed by atoms with Gasteiger partial charge in [0, 0.05) is 6.42 Å². The number of hydrogen-bond acceptors (Lipinski definition) is 3. The van der Waals surface area contributed by atoms with Crippen molar-refractivity contribution in [2.75, 3.05) is 0 Å². The Kier molecular flexibility index (Phi) is 2.46. The fourth-order valence-corrected chi connectivity index (χ4v) is 7.48. The van der Waals surface area contributed by atoms with Gasteiger partial charge in [0.05, 0.1) is 6.10 Å². The minimum absolute atomic E-state index is 0.0379. The Bertz CT molecular complexity index is 593. The summed E-state index contributed by atoms with van der Waals surface area (Å²) in [5.74, 6) is 2.60. The number of rotatable bonds is 0. The molecule has 0 radical (unpaired) electrons. The van der Waals surface area contributed by atoms with Gasteiger partial charge in [0.25, 0.3) is 0 Å². The van der Waals surface area contributed by atoms with E-state index < -0.39 is 0 Å². The summed E-state index contributed by atoms with van der Waals surface area (Å²) in [5, 5.41) is 20.8. The summed E-state index contributed by atoms with van der Waals surface area (Å²) >= 11 is 0. The second kappa shape index (κ2) is 3.98. The number of carbonyl (C=O) groups excluding carboxylic acids is 1. The van der Waals surface area contributed by atoms with Crippen molar-refractivity contribution in [3.05, 3.63) is 11.3 Å². The van der Waals surface area contributed by atoms with E-state index in [9.17, 15) is 15.0 Å². The van der Waals surface area contributed by atoms with Crippen LogP contribution in [-0.4, -0.2) is 22.1 Å². The third kappa shape index (κ3) is 1.32. The Hall–Kier alpha value is -0.830. The maximum absolute atomic E-state index is 11.8. The number of fused-ring (bicyclic) bond motifs is 3. The van der Waals surface area contributed by atoms with Gasteiger partial charge in [0.15, 0.2) is 11.5 Å². The molecule has 3 nitrogen and oxygen atoms in total. The Morgan fingerprint density at radius 1 is 1.18 bits per heavy atom. The number of hydrogen-bond donors (Lipinski definition) is 2. The van der Waals surface area contributed by atoms with Gasteiger partial charge < -0.3 is 10.2 Å². The van der Waals surface area contributed by atoms with Gasteiger partial charge in [-0.3, -0.25) is 4.79 Å². The molecule has 2 N–H and O–H groups in total. The first-order valence-corrected chi connectivity index (χ1v) is 9.12. The average Bonchev–Trinajstić information content (AvgIpc) is 3.16. The van der Waals surface area contributed by atoms with Crippen molar-refractivity contribution < 1.29 is 15.0 Å². The maximum Gasteiger partial charge on any atom is 0.197 e. The van der Waals surface area contributed by atoms with E-state index in [1.54, 1.807) is 0 Å². The highest BCUT2D eigenvalue weighted by Crippen LogP contribution is 2.81. The third-order valence-electron chi connectivity index (χ3n) is 8.57. The zero-order chi connectivity index (χ0) is 15.3. The molecule has 4 fully saturated rings. The summed E-state index contributed by atoms with van der Waals surface area (Å²) in [5.41, 5.74) is 1.60. The minimum atomic E-state index is -0.106. The SMILES string of the molecule is C[C@]12CC[C@H]3[C@@H](CCC4=C(O)C(=O)CC[C@@H]43)[C@@]13C[C@H]3C[C@H]2O. The topological polar surface area (TPSA) is 57.5 Å². The molecule has 0 aromatic carbocycles. The van der Waals surface area contributed by atoms with E-state index >= 15 is 0 Å². The molecule has 0 saturated heterocycles. The van der Waals surface area contributed by atoms with Gasteiger partial charge in [0.2, 0.25) is 0 Å². The van der Waals surface area contributed by atoms with E-state index in [0.29, 0.717) is 29.6 Å². The van der Waals surface area contributed by atoms with Crippen molar-refractivity contribution in [3.8, 4) is 0 Å². The van der Waals surface area contributed by atoms with Crippen LogP contribution < -0.4 is 0 Å². The average molecular weight is 302 g/mol. The molecule has 0 bridgehead atoms. The Morgan fingerprint density at radius 2 is 2.00 bits per heavy atom. The van der Waals surface area contributed by atoms with Gasteiger partial charge >= 0.3 is 0 Å². The highest BCUT2D eigenvalue weighted by atomic mass is 16.3. The Labute approximate surface area is 131 Å². The molecule has 5 aliphatic rings. The molecule has 120 valence electrons. The van der Waals surface area contributed by atoms with E-state index in [2.05, 4.69) is 6.92 Å². The predicted molar refractivity (Wildman–Crippen MR) is 82.1 cm³/mol. The van der Waals surface area contributed by atoms with Gasteiger partial charge in [-0.2, -0.15) is 0 Å².